The Morgan fingerprint density at radius 2 is 1.74 bits per heavy atom. The van der Waals surface area contributed by atoms with Crippen molar-refractivity contribution in [2.75, 3.05) is 13.7 Å². The highest BCUT2D eigenvalue weighted by Crippen LogP contribution is 1.96. The smallest absolute Gasteiger partial charge is 0.306 e. The molecule has 0 rings (SSSR count). The summed E-state index contributed by atoms with van der Waals surface area (Å²) in [5.41, 5.74) is 0. The van der Waals surface area contributed by atoms with Gasteiger partial charge in [0.15, 0.2) is 6.29 Å². The van der Waals surface area contributed by atoms with Gasteiger partial charge in [0.2, 0.25) is 0 Å². The molecule has 9 heteroatoms. The van der Waals surface area contributed by atoms with Crippen LogP contribution in [0.1, 0.15) is 12.8 Å². The zero-order valence-corrected chi connectivity index (χ0v) is 10.3. The predicted octanol–water partition coefficient (Wildman–Crippen LogP) is -2.72. The molecule has 9 nitrogen and oxygen atoms in total. The standard InChI is InChI=1S/C5H10O5.C5H8O4/c6-1-3(8)5(10)4(9)2-7;1-9-5(8)3-2-4(6)7/h1,3-5,7-10H,2H2;2-3H2,1H3,(H,6,7)/t3-,4+,5+;/m0./s1. The number of methoxy groups -OCH3 is 1. The van der Waals surface area contributed by atoms with Crippen LogP contribution in [0.15, 0.2) is 0 Å². The third kappa shape index (κ3) is 11.3. The molecule has 0 heterocycles. The first-order valence-electron chi connectivity index (χ1n) is 5.19. The third-order valence-electron chi connectivity index (χ3n) is 1.84. The van der Waals surface area contributed by atoms with Crippen molar-refractivity contribution in [1.29, 1.82) is 0 Å². The molecule has 0 radical (unpaired) electrons. The third-order valence-corrected chi connectivity index (χ3v) is 1.84. The largest absolute Gasteiger partial charge is 0.481 e. The number of aliphatic hydroxyl groups is 4. The summed E-state index contributed by atoms with van der Waals surface area (Å²) in [7, 11) is 1.23. The lowest BCUT2D eigenvalue weighted by Gasteiger charge is -2.16. The Kier molecular flexibility index (Phi) is 12.0. The molecule has 3 atom stereocenters. The van der Waals surface area contributed by atoms with E-state index in [1.54, 1.807) is 0 Å². The second kappa shape index (κ2) is 11.5. The molecule has 0 aliphatic rings. The van der Waals surface area contributed by atoms with E-state index in [1.165, 1.54) is 7.11 Å². The zero-order valence-electron chi connectivity index (χ0n) is 10.3. The number of aldehydes is 1. The van der Waals surface area contributed by atoms with Crippen molar-refractivity contribution in [1.82, 2.24) is 0 Å². The van der Waals surface area contributed by atoms with Gasteiger partial charge in [-0.25, -0.2) is 0 Å². The molecule has 0 saturated heterocycles. The molecule has 0 aromatic rings. The molecule has 0 spiro atoms. The van der Waals surface area contributed by atoms with Crippen molar-refractivity contribution in [2.24, 2.45) is 0 Å². The first-order chi connectivity index (χ1) is 8.79. The average Bonchev–Trinajstić information content (AvgIpc) is 2.42. The predicted molar refractivity (Wildman–Crippen MR) is 60.1 cm³/mol. The molecule has 0 bridgehead atoms. The number of carbonyl (C=O) groups is 3. The van der Waals surface area contributed by atoms with Crippen LogP contribution in [0, 0.1) is 0 Å². The number of hydrogen-bond donors (Lipinski definition) is 5. The fraction of sp³-hybridized carbons (Fsp3) is 0.700. The quantitative estimate of drug-likeness (QED) is 0.247. The van der Waals surface area contributed by atoms with Gasteiger partial charge in [-0.05, 0) is 0 Å². The van der Waals surface area contributed by atoms with Crippen molar-refractivity contribution in [2.45, 2.75) is 31.2 Å². The monoisotopic (exact) mass is 282 g/mol. The number of ether oxygens (including phenoxy) is 1. The van der Waals surface area contributed by atoms with Gasteiger partial charge in [-0.1, -0.05) is 0 Å². The molecule has 0 aliphatic carbocycles. The maximum absolute atomic E-state index is 10.2. The summed E-state index contributed by atoms with van der Waals surface area (Å²) in [5.74, 6) is -1.47. The number of carboxylic acids is 1. The van der Waals surface area contributed by atoms with Gasteiger partial charge >= 0.3 is 11.9 Å². The number of aliphatic carboxylic acids is 1. The van der Waals surface area contributed by atoms with Crippen molar-refractivity contribution in [3.8, 4) is 0 Å². The fourth-order valence-electron chi connectivity index (χ4n) is 0.727. The van der Waals surface area contributed by atoms with Gasteiger partial charge in [-0.3, -0.25) is 9.59 Å². The minimum absolute atomic E-state index is 0.0498. The Morgan fingerprint density at radius 1 is 1.21 bits per heavy atom. The van der Waals surface area contributed by atoms with E-state index in [4.69, 9.17) is 25.5 Å². The number of esters is 1. The van der Waals surface area contributed by atoms with Crippen LogP contribution in [-0.2, 0) is 19.1 Å². The van der Waals surface area contributed by atoms with Crippen LogP contribution < -0.4 is 0 Å². The molecule has 0 saturated carbocycles. The Morgan fingerprint density at radius 3 is 2.05 bits per heavy atom. The molecule has 19 heavy (non-hydrogen) atoms. The average molecular weight is 282 g/mol. The fourth-order valence-corrected chi connectivity index (χ4v) is 0.727. The van der Waals surface area contributed by atoms with E-state index in [0.29, 0.717) is 0 Å². The van der Waals surface area contributed by atoms with Gasteiger partial charge in [0.05, 0.1) is 26.6 Å². The normalized spacial score (nSPS) is 14.4. The summed E-state index contributed by atoms with van der Waals surface area (Å²) in [5, 5.41) is 42.1. The zero-order chi connectivity index (χ0) is 15.4. The van der Waals surface area contributed by atoms with E-state index in [-0.39, 0.29) is 19.1 Å². The van der Waals surface area contributed by atoms with Gasteiger partial charge in [-0.2, -0.15) is 0 Å². The Balaban J connectivity index is 0. The molecule has 0 fully saturated rings. The minimum Gasteiger partial charge on any atom is -0.481 e. The van der Waals surface area contributed by atoms with Gasteiger partial charge in [0, 0.05) is 0 Å². The van der Waals surface area contributed by atoms with Gasteiger partial charge in [0.1, 0.15) is 18.3 Å². The Labute approximate surface area is 109 Å². The first-order valence-corrected chi connectivity index (χ1v) is 5.19. The molecule has 0 unspecified atom stereocenters. The molecule has 0 aromatic carbocycles. The van der Waals surface area contributed by atoms with E-state index >= 15 is 0 Å². The van der Waals surface area contributed by atoms with Crippen LogP contribution in [0.2, 0.25) is 0 Å². The van der Waals surface area contributed by atoms with Gasteiger partial charge < -0.3 is 35.1 Å². The maximum Gasteiger partial charge on any atom is 0.306 e. The number of rotatable bonds is 7. The van der Waals surface area contributed by atoms with E-state index in [9.17, 15) is 14.4 Å². The molecule has 112 valence electrons. The summed E-state index contributed by atoms with van der Waals surface area (Å²) in [6.07, 6.45) is -4.84. The summed E-state index contributed by atoms with van der Waals surface area (Å²) < 4.78 is 4.20. The Hall–Kier alpha value is -1.55. The molecule has 5 N–H and O–H groups in total. The lowest BCUT2D eigenvalue weighted by Crippen LogP contribution is -2.40. The summed E-state index contributed by atoms with van der Waals surface area (Å²) in [6, 6.07) is 0. The number of hydrogen-bond acceptors (Lipinski definition) is 8. The van der Waals surface area contributed by atoms with Crippen LogP contribution in [-0.4, -0.2) is 75.8 Å². The van der Waals surface area contributed by atoms with Crippen LogP contribution in [0.25, 0.3) is 0 Å². The van der Waals surface area contributed by atoms with Crippen LogP contribution in [0.3, 0.4) is 0 Å². The molecular formula is C10H18O9. The molecule has 0 aromatic heterocycles. The number of aliphatic hydroxyl groups excluding tert-OH is 4. The van der Waals surface area contributed by atoms with Crippen molar-refractivity contribution in [3.63, 3.8) is 0 Å². The minimum atomic E-state index is -1.64. The maximum atomic E-state index is 10.2. The second-order valence-corrected chi connectivity index (χ2v) is 3.34. The molecule has 0 aliphatic heterocycles. The lowest BCUT2D eigenvalue weighted by atomic mass is 10.1. The van der Waals surface area contributed by atoms with Gasteiger partial charge in [-0.15, -0.1) is 0 Å². The lowest BCUT2D eigenvalue weighted by molar-refractivity contribution is -0.145. The highest BCUT2D eigenvalue weighted by molar-refractivity contribution is 5.76. The molecular weight excluding hydrogens is 264 g/mol. The summed E-state index contributed by atoms with van der Waals surface area (Å²) in [4.78, 5) is 29.8. The first kappa shape index (κ1) is 19.8. The SMILES string of the molecule is COC(=O)CCC(=O)O.O=C[C@H](O)[C@@H](O)[C@H](O)CO. The van der Waals surface area contributed by atoms with Crippen molar-refractivity contribution >= 4 is 18.2 Å². The number of carbonyl (C=O) groups excluding carboxylic acids is 2. The Bertz CT molecular complexity index is 278. The van der Waals surface area contributed by atoms with E-state index in [0.717, 1.165) is 0 Å². The summed E-state index contributed by atoms with van der Waals surface area (Å²) in [6.45, 7) is -0.688. The van der Waals surface area contributed by atoms with Crippen molar-refractivity contribution in [3.05, 3.63) is 0 Å². The molecule has 0 amide bonds. The van der Waals surface area contributed by atoms with E-state index in [1.807, 2.05) is 0 Å². The second-order valence-electron chi connectivity index (χ2n) is 3.34. The topological polar surface area (TPSA) is 162 Å². The van der Waals surface area contributed by atoms with Crippen LogP contribution >= 0.6 is 0 Å². The van der Waals surface area contributed by atoms with Crippen LogP contribution in [0.4, 0.5) is 0 Å². The van der Waals surface area contributed by atoms with E-state index < -0.39 is 36.9 Å². The highest BCUT2D eigenvalue weighted by Gasteiger charge is 2.22. The number of carboxylic acid groups (broad SMARTS) is 1. The van der Waals surface area contributed by atoms with E-state index in [2.05, 4.69) is 4.74 Å². The van der Waals surface area contributed by atoms with Crippen molar-refractivity contribution < 1.29 is 44.7 Å². The highest BCUT2D eigenvalue weighted by atomic mass is 16.5. The van der Waals surface area contributed by atoms with Gasteiger partial charge in [0.25, 0.3) is 0 Å². The summed E-state index contributed by atoms with van der Waals surface area (Å²) >= 11 is 0. The van der Waals surface area contributed by atoms with Crippen LogP contribution in [0.5, 0.6) is 0 Å².